The van der Waals surface area contributed by atoms with Crippen LogP contribution in [0.3, 0.4) is 0 Å². The highest BCUT2D eigenvalue weighted by Gasteiger charge is 2.24. The summed E-state index contributed by atoms with van der Waals surface area (Å²) in [5.74, 6) is 0. The van der Waals surface area contributed by atoms with Crippen LogP contribution in [-0.4, -0.2) is 31.6 Å². The molecule has 0 amide bonds. The summed E-state index contributed by atoms with van der Waals surface area (Å²) < 4.78 is 0. The third kappa shape index (κ3) is 2.27. The molecule has 5 heteroatoms. The number of aliphatic hydroxyl groups is 1. The molecule has 0 saturated heterocycles. The molecule has 1 aliphatic rings. The zero-order chi connectivity index (χ0) is 9.15. The molecular weight excluding hydrogens is 182 g/mol. The highest BCUT2D eigenvalue weighted by Crippen LogP contribution is 2.21. The molecule has 0 radical (unpaired) electrons. The Kier molecular flexibility index (Phi) is 3.16. The highest BCUT2D eigenvalue weighted by atomic mass is 16.3. The summed E-state index contributed by atoms with van der Waals surface area (Å²) in [5.41, 5.74) is -0.00604. The second kappa shape index (κ2) is 4.17. The Morgan fingerprint density at radius 2 is 2.36 bits per heavy atom. The number of nitrogens with zero attached hydrogens (tertiary/aromatic N) is 2. The lowest BCUT2D eigenvalue weighted by Gasteiger charge is -2.23. The molecule has 0 aromatic carbocycles. The van der Waals surface area contributed by atoms with Crippen LogP contribution in [-0.2, 0) is 6.42 Å². The maximum atomic E-state index is 10.0. The van der Waals surface area contributed by atoms with Gasteiger partial charge in [0.15, 0.2) is 0 Å². The Morgan fingerprint density at radius 3 is 2.93 bits per heavy atom. The molecule has 5 nitrogen and oxygen atoms in total. The molecule has 2 rings (SSSR count). The Morgan fingerprint density at radius 1 is 1.50 bits per heavy atom. The van der Waals surface area contributed by atoms with Gasteiger partial charge in [-0.1, -0.05) is 24.3 Å². The first kappa shape index (κ1) is 10.6. The number of rotatable bonds is 2. The third-order valence-corrected chi connectivity index (χ3v) is 2.08. The molecule has 0 aliphatic heterocycles. The molecule has 1 aliphatic carbocycles. The largest absolute Gasteiger partial charge is 0.412 e. The Balaban J connectivity index is 0.000000980. The fraction of sp³-hybridized carbons (Fsp3) is 0.333. The molecule has 0 fully saturated rings. The molecule has 1 heterocycles. The monoisotopic (exact) mass is 195 g/mol. The average Bonchev–Trinajstić information content (AvgIpc) is 2.57. The van der Waals surface area contributed by atoms with E-state index in [1.807, 2.05) is 18.2 Å². The third-order valence-electron chi connectivity index (χ3n) is 2.08. The van der Waals surface area contributed by atoms with Gasteiger partial charge in [-0.05, 0) is 6.42 Å². The summed E-state index contributed by atoms with van der Waals surface area (Å²) in [6.45, 7) is 0. The smallest absolute Gasteiger partial charge is 0.0921 e. The van der Waals surface area contributed by atoms with Gasteiger partial charge in [0.1, 0.15) is 0 Å². The number of H-pyrrole nitrogens is 1. The van der Waals surface area contributed by atoms with Crippen LogP contribution in [0.15, 0.2) is 30.5 Å². The fourth-order valence-electron chi connectivity index (χ4n) is 1.41. The van der Waals surface area contributed by atoms with E-state index in [1.54, 1.807) is 12.3 Å². The van der Waals surface area contributed by atoms with Gasteiger partial charge < -0.3 is 10.6 Å². The van der Waals surface area contributed by atoms with Crippen LogP contribution in [0.1, 0.15) is 12.1 Å². The molecule has 1 atom stereocenters. The van der Waals surface area contributed by atoms with Crippen molar-refractivity contribution in [1.29, 1.82) is 0 Å². The van der Waals surface area contributed by atoms with E-state index in [0.29, 0.717) is 12.8 Å². The molecule has 76 valence electrons. The van der Waals surface area contributed by atoms with Crippen molar-refractivity contribution in [3.63, 3.8) is 0 Å². The van der Waals surface area contributed by atoms with Gasteiger partial charge in [-0.25, -0.2) is 0 Å². The second-order valence-electron chi connectivity index (χ2n) is 3.23. The standard InChI is InChI=1S/C9H11N3O.H2O/c13-9(4-2-1-3-5-9)6-8-7-10-12-11-8;/h1-4,7,13H,5-6H2,(H,10,11,12);1H2. The maximum Gasteiger partial charge on any atom is 0.0921 e. The van der Waals surface area contributed by atoms with Crippen molar-refractivity contribution in [2.45, 2.75) is 18.4 Å². The van der Waals surface area contributed by atoms with Crippen LogP contribution >= 0.6 is 0 Å². The maximum absolute atomic E-state index is 10.0. The topological polar surface area (TPSA) is 93.3 Å². The molecule has 0 spiro atoms. The van der Waals surface area contributed by atoms with Crippen molar-refractivity contribution in [2.24, 2.45) is 0 Å². The lowest BCUT2D eigenvalue weighted by molar-refractivity contribution is 0.0923. The van der Waals surface area contributed by atoms with E-state index in [1.165, 1.54) is 0 Å². The first-order valence-electron chi connectivity index (χ1n) is 4.20. The first-order valence-corrected chi connectivity index (χ1v) is 4.20. The SMILES string of the molecule is O.OC1(Cc2cn[nH]n2)C=CC=CC1. The number of allylic oxidation sites excluding steroid dienone is 2. The molecule has 1 aromatic rings. The molecule has 0 saturated carbocycles. The molecule has 4 N–H and O–H groups in total. The molecule has 1 aromatic heterocycles. The normalized spacial score (nSPS) is 24.6. The Labute approximate surface area is 81.5 Å². The van der Waals surface area contributed by atoms with Crippen molar-refractivity contribution >= 4 is 0 Å². The van der Waals surface area contributed by atoms with Crippen molar-refractivity contribution in [3.8, 4) is 0 Å². The fourth-order valence-corrected chi connectivity index (χ4v) is 1.41. The molecule has 14 heavy (non-hydrogen) atoms. The first-order chi connectivity index (χ1) is 6.29. The predicted molar refractivity (Wildman–Crippen MR) is 51.5 cm³/mol. The second-order valence-corrected chi connectivity index (χ2v) is 3.23. The minimum atomic E-state index is -0.786. The van der Waals surface area contributed by atoms with Gasteiger partial charge in [-0.3, -0.25) is 0 Å². The van der Waals surface area contributed by atoms with Crippen LogP contribution in [0.4, 0.5) is 0 Å². The van der Waals surface area contributed by atoms with Crippen LogP contribution in [0.25, 0.3) is 0 Å². The number of aromatic amines is 1. The van der Waals surface area contributed by atoms with Gasteiger partial charge in [-0.15, -0.1) is 0 Å². The van der Waals surface area contributed by atoms with E-state index < -0.39 is 5.60 Å². The molecule has 0 bridgehead atoms. The quantitative estimate of drug-likeness (QED) is 0.682. The van der Waals surface area contributed by atoms with Crippen LogP contribution in [0.2, 0.25) is 0 Å². The van der Waals surface area contributed by atoms with Crippen LogP contribution in [0.5, 0.6) is 0 Å². The molecular formula is C9H13N3O2. The van der Waals surface area contributed by atoms with Gasteiger partial charge in [-0.2, -0.15) is 15.4 Å². The predicted octanol–water partition coefficient (Wildman–Crippen LogP) is -0.230. The van der Waals surface area contributed by atoms with Gasteiger partial charge in [0.2, 0.25) is 0 Å². The Hall–Kier alpha value is -1.46. The van der Waals surface area contributed by atoms with Crippen molar-refractivity contribution in [3.05, 3.63) is 36.2 Å². The minimum Gasteiger partial charge on any atom is -0.412 e. The van der Waals surface area contributed by atoms with E-state index >= 15 is 0 Å². The summed E-state index contributed by atoms with van der Waals surface area (Å²) in [4.78, 5) is 0. The zero-order valence-electron chi connectivity index (χ0n) is 7.64. The average molecular weight is 195 g/mol. The summed E-state index contributed by atoms with van der Waals surface area (Å²) >= 11 is 0. The van der Waals surface area contributed by atoms with Gasteiger partial charge in [0, 0.05) is 6.42 Å². The van der Waals surface area contributed by atoms with E-state index in [4.69, 9.17) is 0 Å². The van der Waals surface area contributed by atoms with Crippen LogP contribution < -0.4 is 0 Å². The number of hydrogen-bond donors (Lipinski definition) is 2. The summed E-state index contributed by atoms with van der Waals surface area (Å²) in [6, 6.07) is 0. The summed E-state index contributed by atoms with van der Waals surface area (Å²) in [7, 11) is 0. The molecule has 1 unspecified atom stereocenters. The highest BCUT2D eigenvalue weighted by molar-refractivity contribution is 5.20. The van der Waals surface area contributed by atoms with E-state index in [-0.39, 0.29) is 5.48 Å². The van der Waals surface area contributed by atoms with E-state index in [0.717, 1.165) is 5.69 Å². The van der Waals surface area contributed by atoms with Crippen molar-refractivity contribution in [1.82, 2.24) is 15.4 Å². The van der Waals surface area contributed by atoms with Crippen molar-refractivity contribution < 1.29 is 10.6 Å². The van der Waals surface area contributed by atoms with Gasteiger partial charge in [0.05, 0.1) is 17.5 Å². The number of nitrogens with one attached hydrogen (secondary N) is 1. The van der Waals surface area contributed by atoms with E-state index in [9.17, 15) is 5.11 Å². The summed E-state index contributed by atoms with van der Waals surface area (Å²) in [6.07, 6.45) is 10.3. The zero-order valence-corrected chi connectivity index (χ0v) is 7.64. The summed E-state index contributed by atoms with van der Waals surface area (Å²) in [5, 5.41) is 20.1. The van der Waals surface area contributed by atoms with Crippen LogP contribution in [0, 0.1) is 0 Å². The van der Waals surface area contributed by atoms with Gasteiger partial charge in [0.25, 0.3) is 0 Å². The lowest BCUT2D eigenvalue weighted by atomic mass is 9.91. The van der Waals surface area contributed by atoms with Gasteiger partial charge >= 0.3 is 0 Å². The number of hydrogen-bond acceptors (Lipinski definition) is 3. The van der Waals surface area contributed by atoms with Crippen molar-refractivity contribution in [2.75, 3.05) is 0 Å². The Bertz CT molecular complexity index is 332. The minimum absolute atomic E-state index is 0. The number of aromatic nitrogens is 3. The lowest BCUT2D eigenvalue weighted by Crippen LogP contribution is -2.29. The van der Waals surface area contributed by atoms with E-state index in [2.05, 4.69) is 15.4 Å².